The Morgan fingerprint density at radius 3 is 0.855 bits per heavy atom. The molecule has 12 aromatic rings. The summed E-state index contributed by atoms with van der Waals surface area (Å²) in [5.74, 6) is 1.55. The Morgan fingerprint density at radius 1 is 0.224 bits per heavy atom. The number of hydrogen-bond acceptors (Lipinski definition) is 5. The topological polar surface area (TPSA) is 45.2 Å². The van der Waals surface area contributed by atoms with Gasteiger partial charge in [0, 0.05) is 39.7 Å². The van der Waals surface area contributed by atoms with Gasteiger partial charge < -0.3 is 9.80 Å². The van der Waals surface area contributed by atoms with Crippen LogP contribution < -0.4 is 9.80 Å². The van der Waals surface area contributed by atoms with Crippen LogP contribution in [-0.4, -0.2) is 15.0 Å². The first-order valence-electron chi connectivity index (χ1n) is 26.0. The Hall–Kier alpha value is -9.97. The molecule has 0 N–H and O–H groups in total. The van der Waals surface area contributed by atoms with Crippen molar-refractivity contribution in [1.82, 2.24) is 15.0 Å². The van der Waals surface area contributed by atoms with E-state index >= 15 is 0 Å². The van der Waals surface area contributed by atoms with Crippen LogP contribution in [0.3, 0.4) is 0 Å². The van der Waals surface area contributed by atoms with E-state index in [2.05, 4.69) is 289 Å². The van der Waals surface area contributed by atoms with Crippen molar-refractivity contribution in [2.24, 2.45) is 0 Å². The highest BCUT2D eigenvalue weighted by Gasteiger charge is 2.38. The number of benzene rings is 11. The van der Waals surface area contributed by atoms with Crippen molar-refractivity contribution in [2.45, 2.75) is 11.8 Å². The van der Waals surface area contributed by atoms with Crippen LogP contribution in [0.4, 0.5) is 34.1 Å². The number of fused-ring (bicyclic) bond motifs is 6. The predicted octanol–water partition coefficient (Wildman–Crippen LogP) is 18.1. The van der Waals surface area contributed by atoms with E-state index < -0.39 is 0 Å². The summed E-state index contributed by atoms with van der Waals surface area (Å²) >= 11 is 0. The van der Waals surface area contributed by atoms with Crippen LogP contribution in [0, 0.1) is 0 Å². The van der Waals surface area contributed by atoms with E-state index in [1.165, 1.54) is 33.4 Å². The minimum Gasteiger partial charge on any atom is -0.310 e. The highest BCUT2D eigenvalue weighted by atomic mass is 15.1. The van der Waals surface area contributed by atoms with Crippen LogP contribution in [0.1, 0.15) is 45.7 Å². The lowest BCUT2D eigenvalue weighted by Crippen LogP contribution is -2.14. The lowest BCUT2D eigenvalue weighted by Gasteiger charge is -2.26. The average Bonchev–Trinajstić information content (AvgIpc) is 4.13. The molecular formula is C71H49N5. The van der Waals surface area contributed by atoms with Crippen LogP contribution >= 0.6 is 0 Å². The van der Waals surface area contributed by atoms with Crippen LogP contribution in [0.15, 0.2) is 285 Å². The van der Waals surface area contributed by atoms with Gasteiger partial charge in [-0.25, -0.2) is 15.0 Å². The molecule has 2 unspecified atom stereocenters. The third kappa shape index (κ3) is 8.03. The van der Waals surface area contributed by atoms with Crippen molar-refractivity contribution in [3.8, 4) is 55.9 Å². The van der Waals surface area contributed by atoms with Gasteiger partial charge in [-0.2, -0.15) is 0 Å². The fraction of sp³-hybridized carbons (Fsp3) is 0.0282. The Kier molecular flexibility index (Phi) is 11.3. The van der Waals surface area contributed by atoms with Crippen LogP contribution in [0.25, 0.3) is 55.9 Å². The summed E-state index contributed by atoms with van der Waals surface area (Å²) < 4.78 is 0. The molecule has 0 fully saturated rings. The zero-order valence-corrected chi connectivity index (χ0v) is 41.5. The Morgan fingerprint density at radius 2 is 0.513 bits per heavy atom. The van der Waals surface area contributed by atoms with Crippen molar-refractivity contribution in [3.05, 3.63) is 319 Å². The summed E-state index contributed by atoms with van der Waals surface area (Å²) in [6.45, 7) is 0. The van der Waals surface area contributed by atoms with Crippen molar-refractivity contribution < 1.29 is 0 Å². The molecule has 76 heavy (non-hydrogen) atoms. The maximum Gasteiger partial charge on any atom is 0.163 e. The second-order valence-electron chi connectivity index (χ2n) is 19.5. The van der Waals surface area contributed by atoms with Gasteiger partial charge in [-0.1, -0.05) is 200 Å². The first kappa shape index (κ1) is 44.7. The van der Waals surface area contributed by atoms with Crippen molar-refractivity contribution in [2.75, 3.05) is 9.80 Å². The Labute approximate surface area is 443 Å². The van der Waals surface area contributed by atoms with Crippen LogP contribution in [0.2, 0.25) is 0 Å². The molecular weight excluding hydrogens is 923 g/mol. The van der Waals surface area contributed by atoms with Crippen LogP contribution in [-0.2, 0) is 0 Å². The molecule has 14 rings (SSSR count). The second kappa shape index (κ2) is 19.1. The maximum absolute atomic E-state index is 5.74. The zero-order valence-electron chi connectivity index (χ0n) is 41.5. The quantitative estimate of drug-likeness (QED) is 0.129. The molecule has 2 atom stereocenters. The number of para-hydroxylation sites is 4. The van der Waals surface area contributed by atoms with Crippen molar-refractivity contribution in [3.63, 3.8) is 0 Å². The molecule has 11 aromatic carbocycles. The summed E-state index contributed by atoms with van der Waals surface area (Å²) in [5, 5.41) is 0. The summed E-state index contributed by atoms with van der Waals surface area (Å²) in [6, 6.07) is 102. The fourth-order valence-electron chi connectivity index (χ4n) is 11.5. The number of aromatic nitrogens is 3. The standard InChI is InChI=1S/C71H49N5/c1-8-22-48(23-9-1)51-36-40-59-63(44-51)65-46-57(75(53-28-14-4-15-29-53)54-30-16-5-17-31-54)38-42-61(65)67(59)70-72-69(50-26-12-3-13-27-50)73-71(74-70)68-60-41-37-52(49-24-10-2-11-25-49)45-64(60)66-47-58(39-43-62(66)68)76(55-32-18-6-19-33-55)56-34-20-7-21-35-56/h1-47,67-68H. The van der Waals surface area contributed by atoms with Crippen molar-refractivity contribution in [1.29, 1.82) is 0 Å². The summed E-state index contributed by atoms with van der Waals surface area (Å²) in [5.41, 5.74) is 21.4. The largest absolute Gasteiger partial charge is 0.310 e. The third-order valence-corrected chi connectivity index (χ3v) is 15.0. The third-order valence-electron chi connectivity index (χ3n) is 15.0. The Bertz CT molecular complexity index is 3720. The van der Waals surface area contributed by atoms with Gasteiger partial charge in [0.2, 0.25) is 0 Å². The lowest BCUT2D eigenvalue weighted by atomic mass is 9.92. The monoisotopic (exact) mass is 971 g/mol. The smallest absolute Gasteiger partial charge is 0.163 e. The summed E-state index contributed by atoms with van der Waals surface area (Å²) in [7, 11) is 0. The molecule has 0 spiro atoms. The van der Waals surface area contributed by atoms with Crippen molar-refractivity contribution >= 4 is 34.1 Å². The molecule has 0 aliphatic heterocycles. The molecule has 1 heterocycles. The molecule has 0 amide bonds. The van der Waals surface area contributed by atoms with E-state index in [4.69, 9.17) is 15.0 Å². The predicted molar refractivity (Wildman–Crippen MR) is 311 cm³/mol. The molecule has 1 aromatic heterocycles. The number of nitrogens with zero attached hydrogens (tertiary/aromatic N) is 5. The molecule has 2 aliphatic rings. The van der Waals surface area contributed by atoms with E-state index in [0.717, 1.165) is 84.7 Å². The highest BCUT2D eigenvalue weighted by Crippen LogP contribution is 2.54. The van der Waals surface area contributed by atoms with Gasteiger partial charge in [-0.05, 0) is 152 Å². The SMILES string of the molecule is c1ccc(-c2ccc3c(c2)-c2cc(N(c4ccccc4)c4ccccc4)ccc2C3c2nc(-c3ccccc3)nc(C3c4ccc(-c5ccccc5)cc4-c4cc(N(c5ccccc5)c5ccccc5)ccc43)n2)cc1. The normalized spacial score (nSPS) is 13.8. The second-order valence-corrected chi connectivity index (χ2v) is 19.5. The van der Waals surface area contributed by atoms with Gasteiger partial charge in [0.25, 0.3) is 0 Å². The zero-order chi connectivity index (χ0) is 50.4. The summed E-state index contributed by atoms with van der Waals surface area (Å²) in [4.78, 5) is 21.5. The molecule has 5 heteroatoms. The van der Waals surface area contributed by atoms with Gasteiger partial charge in [0.1, 0.15) is 11.6 Å². The number of hydrogen-bond donors (Lipinski definition) is 0. The summed E-state index contributed by atoms with van der Waals surface area (Å²) in [6.07, 6.45) is 0. The fourth-order valence-corrected chi connectivity index (χ4v) is 11.5. The van der Waals surface area contributed by atoms with Gasteiger partial charge in [0.15, 0.2) is 5.82 Å². The molecule has 2 aliphatic carbocycles. The minimum atomic E-state index is -0.275. The van der Waals surface area contributed by atoms with E-state index in [0.29, 0.717) is 5.82 Å². The minimum absolute atomic E-state index is 0.275. The number of rotatable bonds is 11. The highest BCUT2D eigenvalue weighted by molar-refractivity contribution is 5.90. The van der Waals surface area contributed by atoms with Gasteiger partial charge in [0.05, 0.1) is 11.8 Å². The Balaban J connectivity index is 0.972. The van der Waals surface area contributed by atoms with Crippen LogP contribution in [0.5, 0.6) is 0 Å². The molecule has 0 bridgehead atoms. The molecule has 0 saturated carbocycles. The molecule has 358 valence electrons. The van der Waals surface area contributed by atoms with E-state index in [9.17, 15) is 0 Å². The van der Waals surface area contributed by atoms with E-state index in [-0.39, 0.29) is 11.8 Å². The van der Waals surface area contributed by atoms with Gasteiger partial charge in [-0.15, -0.1) is 0 Å². The molecule has 0 saturated heterocycles. The average molecular weight is 972 g/mol. The van der Waals surface area contributed by atoms with Gasteiger partial charge >= 0.3 is 0 Å². The number of anilines is 6. The lowest BCUT2D eigenvalue weighted by molar-refractivity contribution is 0.778. The molecule has 0 radical (unpaired) electrons. The van der Waals surface area contributed by atoms with E-state index in [1.54, 1.807) is 0 Å². The van der Waals surface area contributed by atoms with E-state index in [1.807, 2.05) is 6.07 Å². The first-order valence-corrected chi connectivity index (χ1v) is 26.0. The molecule has 5 nitrogen and oxygen atoms in total. The van der Waals surface area contributed by atoms with Gasteiger partial charge in [-0.3, -0.25) is 0 Å². The maximum atomic E-state index is 5.74. The first-order chi connectivity index (χ1) is 37.7.